The average Bonchev–Trinajstić information content (AvgIpc) is 2.76. The second-order valence-corrected chi connectivity index (χ2v) is 4.52. The topological polar surface area (TPSA) is 54.7 Å². The Morgan fingerprint density at radius 1 is 1.11 bits per heavy atom. The molecule has 0 unspecified atom stereocenters. The minimum absolute atomic E-state index is 0.0247. The lowest BCUT2D eigenvalue weighted by Gasteiger charge is -2.01. The molecule has 0 amide bonds. The van der Waals surface area contributed by atoms with Gasteiger partial charge in [-0.15, -0.1) is 0 Å². The van der Waals surface area contributed by atoms with E-state index in [2.05, 4.69) is 9.97 Å². The van der Waals surface area contributed by atoms with Crippen LogP contribution < -0.4 is 5.73 Å². The second-order valence-electron chi connectivity index (χ2n) is 4.11. The Morgan fingerprint density at radius 3 is 2.68 bits per heavy atom. The Kier molecular flexibility index (Phi) is 2.64. The molecule has 2 aromatic carbocycles. The van der Waals surface area contributed by atoms with Crippen molar-refractivity contribution in [3.05, 3.63) is 47.0 Å². The first-order valence-electron chi connectivity index (χ1n) is 5.45. The highest BCUT2D eigenvalue weighted by Crippen LogP contribution is 2.28. The Balaban J connectivity index is 2.21. The maximum absolute atomic E-state index is 13.8. The minimum Gasteiger partial charge on any atom is -0.399 e. The SMILES string of the molecule is Nc1ccc2nc(-c3cc(F)c(Cl)cc3F)[nH]c2c1. The van der Waals surface area contributed by atoms with E-state index in [-0.39, 0.29) is 16.4 Å². The van der Waals surface area contributed by atoms with Crippen molar-refractivity contribution < 1.29 is 8.78 Å². The lowest BCUT2D eigenvalue weighted by molar-refractivity contribution is 0.602. The first-order chi connectivity index (χ1) is 9.04. The normalized spacial score (nSPS) is 11.1. The fraction of sp³-hybridized carbons (Fsp3) is 0. The third kappa shape index (κ3) is 2.02. The monoisotopic (exact) mass is 279 g/mol. The van der Waals surface area contributed by atoms with Gasteiger partial charge in [-0.05, 0) is 30.3 Å². The van der Waals surface area contributed by atoms with Gasteiger partial charge in [0.05, 0.1) is 21.6 Å². The van der Waals surface area contributed by atoms with Gasteiger partial charge in [0, 0.05) is 5.69 Å². The Hall–Kier alpha value is -2.14. The average molecular weight is 280 g/mol. The van der Waals surface area contributed by atoms with Gasteiger partial charge in [0.2, 0.25) is 0 Å². The number of imidazole rings is 1. The summed E-state index contributed by atoms with van der Waals surface area (Å²) < 4.78 is 27.2. The van der Waals surface area contributed by atoms with Crippen LogP contribution in [0.1, 0.15) is 0 Å². The van der Waals surface area contributed by atoms with E-state index in [0.717, 1.165) is 12.1 Å². The second kappa shape index (κ2) is 4.20. The van der Waals surface area contributed by atoms with Crippen molar-refractivity contribution in [3.8, 4) is 11.4 Å². The predicted molar refractivity (Wildman–Crippen MR) is 70.9 cm³/mol. The molecule has 19 heavy (non-hydrogen) atoms. The van der Waals surface area contributed by atoms with Crippen LogP contribution in [0.5, 0.6) is 0 Å². The minimum atomic E-state index is -0.696. The lowest BCUT2D eigenvalue weighted by atomic mass is 10.2. The number of nitrogens with two attached hydrogens (primary N) is 1. The Morgan fingerprint density at radius 2 is 1.89 bits per heavy atom. The van der Waals surface area contributed by atoms with E-state index in [1.54, 1.807) is 18.2 Å². The molecular weight excluding hydrogens is 272 g/mol. The molecule has 0 saturated heterocycles. The molecule has 0 spiro atoms. The van der Waals surface area contributed by atoms with Crippen molar-refractivity contribution in [1.29, 1.82) is 0 Å². The van der Waals surface area contributed by atoms with E-state index >= 15 is 0 Å². The largest absolute Gasteiger partial charge is 0.399 e. The van der Waals surface area contributed by atoms with Crippen molar-refractivity contribution in [1.82, 2.24) is 9.97 Å². The number of hydrogen-bond donors (Lipinski definition) is 2. The number of H-pyrrole nitrogens is 1. The van der Waals surface area contributed by atoms with Gasteiger partial charge in [-0.1, -0.05) is 11.6 Å². The smallest absolute Gasteiger partial charge is 0.142 e. The summed E-state index contributed by atoms with van der Waals surface area (Å²) in [6.45, 7) is 0. The number of anilines is 1. The third-order valence-electron chi connectivity index (χ3n) is 2.77. The molecule has 3 N–H and O–H groups in total. The van der Waals surface area contributed by atoms with Crippen LogP contribution >= 0.6 is 11.6 Å². The number of benzene rings is 2. The molecule has 0 atom stereocenters. The quantitative estimate of drug-likeness (QED) is 0.526. The molecule has 0 aliphatic heterocycles. The van der Waals surface area contributed by atoms with Crippen LogP contribution in [-0.4, -0.2) is 9.97 Å². The fourth-order valence-electron chi connectivity index (χ4n) is 1.86. The van der Waals surface area contributed by atoms with Crippen LogP contribution in [0.4, 0.5) is 14.5 Å². The van der Waals surface area contributed by atoms with E-state index in [1.807, 2.05) is 0 Å². The van der Waals surface area contributed by atoms with E-state index in [0.29, 0.717) is 16.7 Å². The maximum Gasteiger partial charge on any atom is 0.142 e. The van der Waals surface area contributed by atoms with Gasteiger partial charge in [0.1, 0.15) is 17.5 Å². The van der Waals surface area contributed by atoms with Crippen LogP contribution in [0.3, 0.4) is 0 Å². The first-order valence-corrected chi connectivity index (χ1v) is 5.82. The molecule has 0 aliphatic rings. The van der Waals surface area contributed by atoms with E-state index in [9.17, 15) is 8.78 Å². The predicted octanol–water partition coefficient (Wildman–Crippen LogP) is 3.74. The van der Waals surface area contributed by atoms with Crippen LogP contribution in [-0.2, 0) is 0 Å². The van der Waals surface area contributed by atoms with Crippen LogP contribution in [0.15, 0.2) is 30.3 Å². The van der Waals surface area contributed by atoms with Gasteiger partial charge >= 0.3 is 0 Å². The van der Waals surface area contributed by atoms with Crippen molar-refractivity contribution in [3.63, 3.8) is 0 Å². The summed E-state index contributed by atoms with van der Waals surface area (Å²) in [6, 6.07) is 7.00. The molecule has 96 valence electrons. The van der Waals surface area contributed by atoms with E-state index < -0.39 is 11.6 Å². The highest BCUT2D eigenvalue weighted by Gasteiger charge is 2.13. The van der Waals surface area contributed by atoms with Crippen molar-refractivity contribution in [2.24, 2.45) is 0 Å². The summed E-state index contributed by atoms with van der Waals surface area (Å²) in [5, 5.41) is -0.262. The summed E-state index contributed by atoms with van der Waals surface area (Å²) in [7, 11) is 0. The molecule has 6 heteroatoms. The molecule has 3 nitrogen and oxygen atoms in total. The number of aromatic nitrogens is 2. The number of rotatable bonds is 1. The number of fused-ring (bicyclic) bond motifs is 1. The summed E-state index contributed by atoms with van der Waals surface area (Å²) in [6.07, 6.45) is 0. The van der Waals surface area contributed by atoms with Gasteiger partial charge in [-0.2, -0.15) is 0 Å². The molecule has 3 rings (SSSR count). The van der Waals surface area contributed by atoms with E-state index in [4.69, 9.17) is 17.3 Å². The highest BCUT2D eigenvalue weighted by molar-refractivity contribution is 6.30. The van der Waals surface area contributed by atoms with Crippen LogP contribution in [0, 0.1) is 11.6 Å². The molecule has 3 aromatic rings. The molecular formula is C13H8ClF2N3. The van der Waals surface area contributed by atoms with Gasteiger partial charge in [-0.3, -0.25) is 0 Å². The van der Waals surface area contributed by atoms with Crippen molar-refractivity contribution in [2.45, 2.75) is 0 Å². The first kappa shape index (κ1) is 11.9. The maximum atomic E-state index is 13.8. The van der Waals surface area contributed by atoms with Gasteiger partial charge in [0.25, 0.3) is 0 Å². The Bertz CT molecular complexity index is 783. The zero-order chi connectivity index (χ0) is 13.6. The van der Waals surface area contributed by atoms with Gasteiger partial charge in [0.15, 0.2) is 0 Å². The zero-order valence-corrected chi connectivity index (χ0v) is 10.3. The molecule has 1 aromatic heterocycles. The van der Waals surface area contributed by atoms with Crippen LogP contribution in [0.2, 0.25) is 5.02 Å². The summed E-state index contributed by atoms with van der Waals surface area (Å²) in [4.78, 5) is 7.09. The lowest BCUT2D eigenvalue weighted by Crippen LogP contribution is -1.89. The summed E-state index contributed by atoms with van der Waals surface area (Å²) >= 11 is 5.51. The number of nitrogen functional groups attached to an aromatic ring is 1. The van der Waals surface area contributed by atoms with Gasteiger partial charge in [-0.25, -0.2) is 13.8 Å². The fourth-order valence-corrected chi connectivity index (χ4v) is 2.01. The van der Waals surface area contributed by atoms with E-state index in [1.165, 1.54) is 0 Å². The van der Waals surface area contributed by atoms with Crippen LogP contribution in [0.25, 0.3) is 22.4 Å². The number of hydrogen-bond acceptors (Lipinski definition) is 2. The molecule has 1 heterocycles. The standard InChI is InChI=1S/C13H8ClF2N3/c14-8-5-9(15)7(4-10(8)16)13-18-11-2-1-6(17)3-12(11)19-13/h1-5H,17H2,(H,18,19). The Labute approximate surface area is 112 Å². The third-order valence-corrected chi connectivity index (χ3v) is 3.06. The number of nitrogens with one attached hydrogen (secondary N) is 1. The summed E-state index contributed by atoms with van der Waals surface area (Å²) in [5.41, 5.74) is 7.51. The molecule has 0 saturated carbocycles. The molecule has 0 bridgehead atoms. The number of nitrogens with zero attached hydrogens (tertiary/aromatic N) is 1. The highest BCUT2D eigenvalue weighted by atomic mass is 35.5. The van der Waals surface area contributed by atoms with Gasteiger partial charge < -0.3 is 10.7 Å². The number of aromatic amines is 1. The molecule has 0 aliphatic carbocycles. The number of halogens is 3. The molecule has 0 radical (unpaired) electrons. The zero-order valence-electron chi connectivity index (χ0n) is 9.55. The molecule has 0 fully saturated rings. The van der Waals surface area contributed by atoms with Crippen molar-refractivity contribution in [2.75, 3.05) is 5.73 Å². The van der Waals surface area contributed by atoms with Crippen molar-refractivity contribution >= 4 is 28.3 Å². The summed E-state index contributed by atoms with van der Waals surface area (Å²) in [5.74, 6) is -1.11.